The van der Waals surface area contributed by atoms with Gasteiger partial charge in [-0.05, 0) is 31.0 Å². The lowest BCUT2D eigenvalue weighted by Gasteiger charge is -2.35. The van der Waals surface area contributed by atoms with Crippen LogP contribution in [0, 0.1) is 5.92 Å². The second-order valence-corrected chi connectivity index (χ2v) is 9.05. The zero-order valence-electron chi connectivity index (χ0n) is 16.3. The summed E-state index contributed by atoms with van der Waals surface area (Å²) in [5.74, 6) is 0.594. The van der Waals surface area contributed by atoms with Crippen LogP contribution in [0.3, 0.4) is 0 Å². The number of likely N-dealkylation sites (tertiary alicyclic amines) is 1. The van der Waals surface area contributed by atoms with Gasteiger partial charge in [-0.3, -0.25) is 14.4 Å². The second-order valence-electron chi connectivity index (χ2n) is 7.14. The number of halogens is 1. The molecule has 3 rings (SSSR count). The van der Waals surface area contributed by atoms with Crippen LogP contribution < -0.4 is 5.32 Å². The van der Waals surface area contributed by atoms with E-state index in [0.29, 0.717) is 52.2 Å². The lowest BCUT2D eigenvalue weighted by molar-refractivity contribution is -0.143. The van der Waals surface area contributed by atoms with E-state index in [1.807, 2.05) is 34.1 Å². The zero-order chi connectivity index (χ0) is 20.6. The number of nitrogens with zero attached hydrogens (tertiary/aromatic N) is 2. The van der Waals surface area contributed by atoms with Crippen molar-refractivity contribution in [1.29, 1.82) is 0 Å². The Morgan fingerprint density at radius 3 is 2.48 bits per heavy atom. The summed E-state index contributed by atoms with van der Waals surface area (Å²) in [6.07, 6.45) is 1.41. The highest BCUT2D eigenvalue weighted by Gasteiger charge is 2.30. The lowest BCUT2D eigenvalue weighted by Crippen LogP contribution is -2.48. The van der Waals surface area contributed by atoms with Crippen LogP contribution in [0.15, 0.2) is 28.7 Å². The first-order chi connectivity index (χ1) is 14.0. The predicted octanol–water partition coefficient (Wildman–Crippen LogP) is 2.22. The van der Waals surface area contributed by atoms with Crippen LogP contribution in [-0.4, -0.2) is 78.4 Å². The molecular formula is C20H26BrN3O4S. The van der Waals surface area contributed by atoms with Gasteiger partial charge in [-0.2, -0.15) is 0 Å². The van der Waals surface area contributed by atoms with Gasteiger partial charge in [0, 0.05) is 42.3 Å². The van der Waals surface area contributed by atoms with E-state index in [0.717, 1.165) is 10.2 Å². The van der Waals surface area contributed by atoms with E-state index in [1.54, 1.807) is 0 Å². The van der Waals surface area contributed by atoms with Crippen LogP contribution in [0.2, 0.25) is 0 Å². The average molecular weight is 484 g/mol. The Morgan fingerprint density at radius 1 is 1.07 bits per heavy atom. The molecule has 158 valence electrons. The number of benzene rings is 1. The summed E-state index contributed by atoms with van der Waals surface area (Å²) in [5, 5.41) is 2.82. The minimum Gasteiger partial charge on any atom is -0.378 e. The molecule has 7 nitrogen and oxygen atoms in total. The number of anilines is 1. The molecule has 0 aromatic heterocycles. The second kappa shape index (κ2) is 11.0. The molecule has 1 aromatic carbocycles. The molecule has 1 N–H and O–H groups in total. The highest BCUT2D eigenvalue weighted by atomic mass is 79.9. The Morgan fingerprint density at radius 2 is 1.79 bits per heavy atom. The third-order valence-corrected chi connectivity index (χ3v) is 6.50. The average Bonchev–Trinajstić information content (AvgIpc) is 2.74. The van der Waals surface area contributed by atoms with Gasteiger partial charge < -0.3 is 19.9 Å². The fourth-order valence-electron chi connectivity index (χ4n) is 3.50. The number of hydrogen-bond donors (Lipinski definition) is 1. The van der Waals surface area contributed by atoms with E-state index in [9.17, 15) is 14.4 Å². The van der Waals surface area contributed by atoms with Gasteiger partial charge in [-0.1, -0.05) is 22.0 Å². The Labute approximate surface area is 183 Å². The standard InChI is InChI=1S/C20H26BrN3O4S/c21-16-2-1-3-17(12-16)22-18(25)13-29-14-19(26)23-6-4-15(5-7-23)20(27)24-8-10-28-11-9-24/h1-3,12,15H,4-11,13-14H2,(H,22,25). The van der Waals surface area contributed by atoms with E-state index in [2.05, 4.69) is 21.2 Å². The fourth-order valence-corrected chi connectivity index (χ4v) is 4.62. The number of morpholine rings is 1. The van der Waals surface area contributed by atoms with Crippen molar-refractivity contribution in [3.05, 3.63) is 28.7 Å². The van der Waals surface area contributed by atoms with Crippen LogP contribution in [-0.2, 0) is 19.1 Å². The fraction of sp³-hybridized carbons (Fsp3) is 0.550. The van der Waals surface area contributed by atoms with Gasteiger partial charge in [0.1, 0.15) is 0 Å². The Balaban J connectivity index is 1.34. The predicted molar refractivity (Wildman–Crippen MR) is 117 cm³/mol. The van der Waals surface area contributed by atoms with E-state index in [1.165, 1.54) is 11.8 Å². The van der Waals surface area contributed by atoms with Crippen molar-refractivity contribution in [2.75, 3.05) is 56.2 Å². The summed E-state index contributed by atoms with van der Waals surface area (Å²) in [7, 11) is 0. The van der Waals surface area contributed by atoms with Gasteiger partial charge in [0.15, 0.2) is 0 Å². The van der Waals surface area contributed by atoms with Crippen molar-refractivity contribution in [3.8, 4) is 0 Å². The van der Waals surface area contributed by atoms with Gasteiger partial charge in [-0.25, -0.2) is 0 Å². The van der Waals surface area contributed by atoms with E-state index >= 15 is 0 Å². The SMILES string of the molecule is O=C(CSCC(=O)N1CCC(C(=O)N2CCOCC2)CC1)Nc1cccc(Br)c1. The first-order valence-corrected chi connectivity index (χ1v) is 11.7. The van der Waals surface area contributed by atoms with Crippen molar-refractivity contribution in [2.45, 2.75) is 12.8 Å². The molecule has 0 atom stereocenters. The number of thioether (sulfide) groups is 1. The molecule has 0 unspecified atom stereocenters. The third kappa shape index (κ3) is 6.72. The molecule has 0 saturated carbocycles. The van der Waals surface area contributed by atoms with Crippen molar-refractivity contribution >= 4 is 51.1 Å². The highest BCUT2D eigenvalue weighted by molar-refractivity contribution is 9.10. The largest absolute Gasteiger partial charge is 0.378 e. The lowest BCUT2D eigenvalue weighted by atomic mass is 9.95. The Hall–Kier alpha value is -1.58. The first kappa shape index (κ1) is 22.1. The van der Waals surface area contributed by atoms with E-state index < -0.39 is 0 Å². The van der Waals surface area contributed by atoms with Crippen LogP contribution in [0.4, 0.5) is 5.69 Å². The van der Waals surface area contributed by atoms with Crippen molar-refractivity contribution in [2.24, 2.45) is 5.92 Å². The number of nitrogens with one attached hydrogen (secondary N) is 1. The van der Waals surface area contributed by atoms with Gasteiger partial charge >= 0.3 is 0 Å². The number of hydrogen-bond acceptors (Lipinski definition) is 5. The normalized spacial score (nSPS) is 17.8. The zero-order valence-corrected chi connectivity index (χ0v) is 18.7. The molecule has 9 heteroatoms. The number of ether oxygens (including phenoxy) is 1. The first-order valence-electron chi connectivity index (χ1n) is 9.80. The maximum atomic E-state index is 12.6. The highest BCUT2D eigenvalue weighted by Crippen LogP contribution is 2.21. The van der Waals surface area contributed by atoms with E-state index in [4.69, 9.17) is 4.74 Å². The number of carbonyl (C=O) groups is 3. The molecule has 2 heterocycles. The molecule has 0 radical (unpaired) electrons. The van der Waals surface area contributed by atoms with Crippen LogP contribution in [0.5, 0.6) is 0 Å². The summed E-state index contributed by atoms with van der Waals surface area (Å²) < 4.78 is 6.20. The van der Waals surface area contributed by atoms with Crippen LogP contribution >= 0.6 is 27.7 Å². The molecule has 0 aliphatic carbocycles. The molecular weight excluding hydrogens is 458 g/mol. The van der Waals surface area contributed by atoms with Crippen LogP contribution in [0.1, 0.15) is 12.8 Å². The Kier molecular flexibility index (Phi) is 8.38. The maximum absolute atomic E-state index is 12.6. The summed E-state index contributed by atoms with van der Waals surface area (Å²) >= 11 is 4.68. The molecule has 2 aliphatic rings. The summed E-state index contributed by atoms with van der Waals surface area (Å²) in [5.41, 5.74) is 0.725. The van der Waals surface area contributed by atoms with Crippen molar-refractivity contribution < 1.29 is 19.1 Å². The van der Waals surface area contributed by atoms with Gasteiger partial charge in [0.2, 0.25) is 17.7 Å². The van der Waals surface area contributed by atoms with Crippen molar-refractivity contribution in [1.82, 2.24) is 9.80 Å². The molecule has 29 heavy (non-hydrogen) atoms. The third-order valence-electron chi connectivity index (χ3n) is 5.09. The smallest absolute Gasteiger partial charge is 0.234 e. The molecule has 0 spiro atoms. The number of rotatable bonds is 6. The molecule has 2 saturated heterocycles. The summed E-state index contributed by atoms with van der Waals surface area (Å²) in [6, 6.07) is 7.39. The topological polar surface area (TPSA) is 79.0 Å². The number of carbonyl (C=O) groups excluding carboxylic acids is 3. The van der Waals surface area contributed by atoms with Gasteiger partial charge in [0.25, 0.3) is 0 Å². The molecule has 3 amide bonds. The monoisotopic (exact) mass is 483 g/mol. The van der Waals surface area contributed by atoms with Crippen LogP contribution in [0.25, 0.3) is 0 Å². The summed E-state index contributed by atoms with van der Waals surface area (Å²) in [6.45, 7) is 3.74. The Bertz CT molecular complexity index is 734. The molecule has 2 aliphatic heterocycles. The summed E-state index contributed by atoms with van der Waals surface area (Å²) in [4.78, 5) is 40.7. The minimum atomic E-state index is -0.129. The molecule has 0 bridgehead atoms. The van der Waals surface area contributed by atoms with Crippen molar-refractivity contribution in [3.63, 3.8) is 0 Å². The molecule has 2 fully saturated rings. The quantitative estimate of drug-likeness (QED) is 0.670. The number of piperidine rings is 1. The maximum Gasteiger partial charge on any atom is 0.234 e. The number of amides is 3. The van der Waals surface area contributed by atoms with Gasteiger partial charge in [-0.15, -0.1) is 11.8 Å². The molecule has 1 aromatic rings. The van der Waals surface area contributed by atoms with E-state index in [-0.39, 0.29) is 35.1 Å². The minimum absolute atomic E-state index is 0.000720. The van der Waals surface area contributed by atoms with Gasteiger partial charge in [0.05, 0.1) is 24.7 Å².